The molecule has 2 aromatic rings. The van der Waals surface area contributed by atoms with Crippen molar-refractivity contribution in [2.75, 3.05) is 39.4 Å². The van der Waals surface area contributed by atoms with E-state index in [1.165, 1.54) is 32.4 Å². The number of methoxy groups -OCH3 is 2. The van der Waals surface area contributed by atoms with E-state index >= 15 is 0 Å². The molecule has 31 heavy (non-hydrogen) atoms. The minimum absolute atomic E-state index is 0.0176. The van der Waals surface area contributed by atoms with Crippen molar-refractivity contribution in [2.45, 2.75) is 6.18 Å². The molecule has 2 amide bonds. The van der Waals surface area contributed by atoms with Crippen molar-refractivity contribution < 1.29 is 41.7 Å². The van der Waals surface area contributed by atoms with Crippen LogP contribution in [0.15, 0.2) is 36.4 Å². The van der Waals surface area contributed by atoms with E-state index in [4.69, 9.17) is 24.7 Å². The number of rotatable bonds is 10. The number of halogens is 3. The standard InChI is InChI=1S/C20H21F3N2O6/c1-28-7-8-30-17-5-3-12(20(21,22)23)9-15(17)25-18(26)11-31-16-6-4-13(29-2)10-14(16)19(24)27/h3-6,9-10H,7-8,11H2,1-2H3,(H2,24,27)(H,25,26). The third-order valence-electron chi connectivity index (χ3n) is 3.94. The van der Waals surface area contributed by atoms with Crippen LogP contribution < -0.4 is 25.3 Å². The summed E-state index contributed by atoms with van der Waals surface area (Å²) in [7, 11) is 2.84. The lowest BCUT2D eigenvalue weighted by atomic mass is 10.1. The van der Waals surface area contributed by atoms with Crippen LogP contribution in [0.5, 0.6) is 17.2 Å². The lowest BCUT2D eigenvalue weighted by molar-refractivity contribution is -0.137. The number of carbonyl (C=O) groups excluding carboxylic acids is 2. The number of ether oxygens (including phenoxy) is 4. The molecule has 0 fully saturated rings. The Bertz CT molecular complexity index is 934. The Morgan fingerprint density at radius 3 is 2.32 bits per heavy atom. The zero-order valence-electron chi connectivity index (χ0n) is 16.7. The van der Waals surface area contributed by atoms with Crippen molar-refractivity contribution in [1.29, 1.82) is 0 Å². The largest absolute Gasteiger partial charge is 0.497 e. The SMILES string of the molecule is COCCOc1ccc(C(F)(F)F)cc1NC(=O)COc1ccc(OC)cc1C(N)=O. The van der Waals surface area contributed by atoms with E-state index in [9.17, 15) is 22.8 Å². The molecule has 0 heterocycles. The number of benzene rings is 2. The predicted octanol–water partition coefficient (Wildman–Crippen LogP) is 2.86. The number of nitrogens with two attached hydrogens (primary N) is 1. The molecule has 0 aliphatic carbocycles. The van der Waals surface area contributed by atoms with E-state index < -0.39 is 30.2 Å². The number of alkyl halides is 3. The van der Waals surface area contributed by atoms with Crippen molar-refractivity contribution in [3.05, 3.63) is 47.5 Å². The summed E-state index contributed by atoms with van der Waals surface area (Å²) in [6, 6.07) is 6.91. The van der Waals surface area contributed by atoms with Gasteiger partial charge in [-0.15, -0.1) is 0 Å². The number of carbonyl (C=O) groups is 2. The topological polar surface area (TPSA) is 109 Å². The van der Waals surface area contributed by atoms with Gasteiger partial charge in [0.05, 0.1) is 30.5 Å². The van der Waals surface area contributed by atoms with Gasteiger partial charge in [0.2, 0.25) is 0 Å². The molecular weight excluding hydrogens is 421 g/mol. The highest BCUT2D eigenvalue weighted by atomic mass is 19.4. The summed E-state index contributed by atoms with van der Waals surface area (Å²) in [4.78, 5) is 23.9. The van der Waals surface area contributed by atoms with E-state index in [0.29, 0.717) is 5.75 Å². The predicted molar refractivity (Wildman–Crippen MR) is 104 cm³/mol. The lowest BCUT2D eigenvalue weighted by Gasteiger charge is -2.16. The first kappa shape index (κ1) is 23.8. The highest BCUT2D eigenvalue weighted by Crippen LogP contribution is 2.35. The van der Waals surface area contributed by atoms with Gasteiger partial charge in [0, 0.05) is 7.11 Å². The first-order chi connectivity index (χ1) is 14.7. The normalized spacial score (nSPS) is 11.0. The van der Waals surface area contributed by atoms with Crippen LogP contribution in [0.1, 0.15) is 15.9 Å². The minimum Gasteiger partial charge on any atom is -0.497 e. The van der Waals surface area contributed by atoms with E-state index in [2.05, 4.69) is 5.32 Å². The van der Waals surface area contributed by atoms with Gasteiger partial charge in [-0.1, -0.05) is 0 Å². The van der Waals surface area contributed by atoms with Gasteiger partial charge in [0.25, 0.3) is 11.8 Å². The summed E-state index contributed by atoms with van der Waals surface area (Å²) < 4.78 is 59.6. The van der Waals surface area contributed by atoms with Gasteiger partial charge in [0.15, 0.2) is 6.61 Å². The van der Waals surface area contributed by atoms with E-state index in [1.807, 2.05) is 0 Å². The maximum atomic E-state index is 13.0. The smallest absolute Gasteiger partial charge is 0.416 e. The van der Waals surface area contributed by atoms with Crippen LogP contribution in [0.3, 0.4) is 0 Å². The summed E-state index contributed by atoms with van der Waals surface area (Å²) in [6.45, 7) is -0.333. The van der Waals surface area contributed by atoms with Crippen LogP contribution >= 0.6 is 0 Å². The molecule has 0 bridgehead atoms. The lowest BCUT2D eigenvalue weighted by Crippen LogP contribution is -2.22. The Morgan fingerprint density at radius 1 is 1.00 bits per heavy atom. The second-order valence-corrected chi connectivity index (χ2v) is 6.11. The van der Waals surface area contributed by atoms with Gasteiger partial charge in [-0.05, 0) is 36.4 Å². The summed E-state index contributed by atoms with van der Waals surface area (Å²) in [5.74, 6) is -1.18. The van der Waals surface area contributed by atoms with Gasteiger partial charge in [0.1, 0.15) is 23.9 Å². The molecule has 0 radical (unpaired) electrons. The van der Waals surface area contributed by atoms with Crippen LogP contribution in [0.2, 0.25) is 0 Å². The number of hydrogen-bond donors (Lipinski definition) is 2. The maximum Gasteiger partial charge on any atom is 0.416 e. The zero-order chi connectivity index (χ0) is 23.0. The number of hydrogen-bond acceptors (Lipinski definition) is 6. The number of primary amides is 1. The summed E-state index contributed by atoms with van der Waals surface area (Å²) in [5, 5.41) is 2.32. The Kier molecular flexibility index (Phi) is 8.08. The first-order valence-corrected chi connectivity index (χ1v) is 8.89. The molecule has 0 aliphatic heterocycles. The second-order valence-electron chi connectivity index (χ2n) is 6.11. The van der Waals surface area contributed by atoms with E-state index in [0.717, 1.165) is 18.2 Å². The average molecular weight is 442 g/mol. The molecule has 0 saturated heterocycles. The van der Waals surface area contributed by atoms with Crippen LogP contribution in [0.25, 0.3) is 0 Å². The van der Waals surface area contributed by atoms with Gasteiger partial charge >= 0.3 is 6.18 Å². The fourth-order valence-corrected chi connectivity index (χ4v) is 2.45. The van der Waals surface area contributed by atoms with E-state index in [1.54, 1.807) is 0 Å². The number of anilines is 1. The summed E-state index contributed by atoms with van der Waals surface area (Å²) >= 11 is 0. The van der Waals surface area contributed by atoms with Crippen LogP contribution in [0, 0.1) is 0 Å². The third-order valence-corrected chi connectivity index (χ3v) is 3.94. The molecule has 2 aromatic carbocycles. The molecule has 2 rings (SSSR count). The number of nitrogens with one attached hydrogen (secondary N) is 1. The Hall–Kier alpha value is -3.47. The molecule has 11 heteroatoms. The Balaban J connectivity index is 2.16. The fourth-order valence-electron chi connectivity index (χ4n) is 2.45. The molecule has 8 nitrogen and oxygen atoms in total. The van der Waals surface area contributed by atoms with Crippen LogP contribution in [-0.2, 0) is 15.7 Å². The minimum atomic E-state index is -4.61. The highest BCUT2D eigenvalue weighted by molar-refractivity contribution is 5.97. The van der Waals surface area contributed by atoms with Crippen molar-refractivity contribution in [3.63, 3.8) is 0 Å². The molecule has 3 N–H and O–H groups in total. The van der Waals surface area contributed by atoms with Crippen molar-refractivity contribution in [2.24, 2.45) is 5.73 Å². The summed E-state index contributed by atoms with van der Waals surface area (Å²) in [5.41, 5.74) is 4.12. The van der Waals surface area contributed by atoms with Crippen molar-refractivity contribution >= 4 is 17.5 Å². The average Bonchev–Trinajstić information content (AvgIpc) is 2.72. The Labute approximate surface area is 176 Å². The Morgan fingerprint density at radius 2 is 1.71 bits per heavy atom. The second kappa shape index (κ2) is 10.5. The van der Waals surface area contributed by atoms with Crippen LogP contribution in [0.4, 0.5) is 18.9 Å². The molecule has 168 valence electrons. The molecule has 0 aromatic heterocycles. The molecule has 0 atom stereocenters. The highest BCUT2D eigenvalue weighted by Gasteiger charge is 2.31. The molecule has 0 aliphatic rings. The quantitative estimate of drug-likeness (QED) is 0.548. The molecule has 0 unspecified atom stereocenters. The van der Waals surface area contributed by atoms with Crippen molar-refractivity contribution in [3.8, 4) is 17.2 Å². The van der Waals surface area contributed by atoms with Gasteiger partial charge in [-0.25, -0.2) is 0 Å². The fraction of sp³-hybridized carbons (Fsp3) is 0.300. The third kappa shape index (κ3) is 6.78. The summed E-state index contributed by atoms with van der Waals surface area (Å²) in [6.07, 6.45) is -4.61. The first-order valence-electron chi connectivity index (χ1n) is 8.89. The number of amides is 2. The molecule has 0 spiro atoms. The zero-order valence-corrected chi connectivity index (χ0v) is 16.7. The van der Waals surface area contributed by atoms with Crippen LogP contribution in [-0.4, -0.2) is 45.9 Å². The van der Waals surface area contributed by atoms with Gasteiger partial charge in [-0.3, -0.25) is 9.59 Å². The van der Waals surface area contributed by atoms with Crippen molar-refractivity contribution in [1.82, 2.24) is 0 Å². The molecule has 0 saturated carbocycles. The van der Waals surface area contributed by atoms with Gasteiger partial charge in [-0.2, -0.15) is 13.2 Å². The maximum absolute atomic E-state index is 13.0. The monoisotopic (exact) mass is 442 g/mol. The molecular formula is C20H21F3N2O6. The van der Waals surface area contributed by atoms with E-state index in [-0.39, 0.29) is 36.0 Å². The van der Waals surface area contributed by atoms with Gasteiger partial charge < -0.3 is 30.0 Å².